The Labute approximate surface area is 153 Å². The molecule has 0 aliphatic carbocycles. The molecule has 0 aromatic heterocycles. The van der Waals surface area contributed by atoms with E-state index < -0.39 is 27.1 Å². The fourth-order valence-corrected chi connectivity index (χ4v) is 4.56. The quantitative estimate of drug-likeness (QED) is 0.865. The number of sulfonamides is 1. The minimum absolute atomic E-state index is 0.00277. The second-order valence-electron chi connectivity index (χ2n) is 6.47. The van der Waals surface area contributed by atoms with Crippen LogP contribution < -0.4 is 9.62 Å². The Hall–Kier alpha value is -2.16. The van der Waals surface area contributed by atoms with Crippen molar-refractivity contribution >= 4 is 21.4 Å². The molecule has 0 spiro atoms. The van der Waals surface area contributed by atoms with Gasteiger partial charge in [-0.15, -0.1) is 0 Å². The standard InChI is InChI=1S/C18H22FN3O3S/c1-21(2)16-9-7-15(8-10-16)20-26(23,24)17-12-25-22(3)18(17)13-5-4-6-14(19)11-13/h4-11,17-18,20H,12H2,1-3H3. The van der Waals surface area contributed by atoms with E-state index in [4.69, 9.17) is 4.84 Å². The molecular weight excluding hydrogens is 357 g/mol. The van der Waals surface area contributed by atoms with Crippen LogP contribution in [0, 0.1) is 5.82 Å². The molecule has 2 aromatic carbocycles. The van der Waals surface area contributed by atoms with Gasteiger partial charge in [0.2, 0.25) is 10.0 Å². The summed E-state index contributed by atoms with van der Waals surface area (Å²) in [6.45, 7) is 0.00277. The van der Waals surface area contributed by atoms with Crippen molar-refractivity contribution in [2.45, 2.75) is 11.3 Å². The number of hydroxylamine groups is 2. The average molecular weight is 379 g/mol. The van der Waals surface area contributed by atoms with E-state index in [2.05, 4.69) is 4.72 Å². The van der Waals surface area contributed by atoms with E-state index in [-0.39, 0.29) is 6.61 Å². The summed E-state index contributed by atoms with van der Waals surface area (Å²) in [5.41, 5.74) is 2.00. The highest BCUT2D eigenvalue weighted by Gasteiger charge is 2.43. The summed E-state index contributed by atoms with van der Waals surface area (Å²) in [6.07, 6.45) is 0. The predicted molar refractivity (Wildman–Crippen MR) is 100.0 cm³/mol. The third-order valence-electron chi connectivity index (χ3n) is 4.42. The fourth-order valence-electron chi connectivity index (χ4n) is 3.04. The molecule has 8 heteroatoms. The highest BCUT2D eigenvalue weighted by Crippen LogP contribution is 2.34. The minimum atomic E-state index is -3.74. The molecule has 3 rings (SSSR count). The highest BCUT2D eigenvalue weighted by molar-refractivity contribution is 7.93. The molecule has 1 aliphatic heterocycles. The summed E-state index contributed by atoms with van der Waals surface area (Å²) in [5, 5.41) is 0.608. The average Bonchev–Trinajstić information content (AvgIpc) is 2.97. The maximum Gasteiger partial charge on any atom is 0.239 e. The third kappa shape index (κ3) is 3.82. The fraction of sp³-hybridized carbons (Fsp3) is 0.333. The smallest absolute Gasteiger partial charge is 0.239 e. The van der Waals surface area contributed by atoms with Crippen LogP contribution >= 0.6 is 0 Å². The number of nitrogens with one attached hydrogen (secondary N) is 1. The van der Waals surface area contributed by atoms with Gasteiger partial charge in [0.05, 0.1) is 12.6 Å². The monoisotopic (exact) mass is 379 g/mol. The summed E-state index contributed by atoms with van der Waals surface area (Å²) in [6, 6.07) is 12.4. The first kappa shape index (κ1) is 18.6. The van der Waals surface area contributed by atoms with Gasteiger partial charge in [0.15, 0.2) is 0 Å². The SMILES string of the molecule is CN(C)c1ccc(NS(=O)(=O)C2CON(C)C2c2cccc(F)c2)cc1. The van der Waals surface area contributed by atoms with Crippen molar-refractivity contribution in [1.82, 2.24) is 5.06 Å². The summed E-state index contributed by atoms with van der Waals surface area (Å²) in [4.78, 5) is 7.36. The Bertz CT molecular complexity index is 872. The lowest BCUT2D eigenvalue weighted by Crippen LogP contribution is -2.35. The zero-order valence-electron chi connectivity index (χ0n) is 14.9. The molecule has 1 saturated heterocycles. The number of hydrogen-bond donors (Lipinski definition) is 1. The number of halogens is 1. The first-order chi connectivity index (χ1) is 12.3. The molecule has 6 nitrogen and oxygen atoms in total. The van der Waals surface area contributed by atoms with Gasteiger partial charge in [0.1, 0.15) is 11.1 Å². The van der Waals surface area contributed by atoms with Gasteiger partial charge in [0.25, 0.3) is 0 Å². The Balaban J connectivity index is 1.85. The van der Waals surface area contributed by atoms with E-state index in [0.717, 1.165) is 5.69 Å². The number of rotatable bonds is 5. The molecule has 140 valence electrons. The van der Waals surface area contributed by atoms with Gasteiger partial charge in [-0.1, -0.05) is 12.1 Å². The largest absolute Gasteiger partial charge is 0.378 e. The Morgan fingerprint density at radius 2 is 1.88 bits per heavy atom. The van der Waals surface area contributed by atoms with Crippen molar-refractivity contribution in [1.29, 1.82) is 0 Å². The van der Waals surface area contributed by atoms with Crippen LogP contribution in [-0.2, 0) is 14.9 Å². The van der Waals surface area contributed by atoms with E-state index in [1.54, 1.807) is 31.3 Å². The molecule has 0 bridgehead atoms. The van der Waals surface area contributed by atoms with E-state index in [9.17, 15) is 12.8 Å². The van der Waals surface area contributed by atoms with Gasteiger partial charge in [-0.05, 0) is 42.0 Å². The zero-order chi connectivity index (χ0) is 18.9. The molecule has 1 fully saturated rings. The van der Waals surface area contributed by atoms with Gasteiger partial charge < -0.3 is 4.90 Å². The number of nitrogens with zero attached hydrogens (tertiary/aromatic N) is 2. The molecule has 0 amide bonds. The molecular formula is C18H22FN3O3S. The van der Waals surface area contributed by atoms with E-state index in [1.807, 2.05) is 31.1 Å². The highest BCUT2D eigenvalue weighted by atomic mass is 32.2. The lowest BCUT2D eigenvalue weighted by Gasteiger charge is -2.23. The predicted octanol–water partition coefficient (Wildman–Crippen LogP) is 2.62. The number of anilines is 2. The van der Waals surface area contributed by atoms with Crippen LogP contribution in [0.2, 0.25) is 0 Å². The van der Waals surface area contributed by atoms with E-state index in [1.165, 1.54) is 17.2 Å². The maximum atomic E-state index is 13.6. The van der Waals surface area contributed by atoms with Crippen LogP contribution in [-0.4, -0.2) is 46.5 Å². The van der Waals surface area contributed by atoms with Gasteiger partial charge in [0, 0.05) is 32.5 Å². The molecule has 26 heavy (non-hydrogen) atoms. The third-order valence-corrected chi connectivity index (χ3v) is 6.13. The first-order valence-electron chi connectivity index (χ1n) is 8.18. The lowest BCUT2D eigenvalue weighted by molar-refractivity contribution is -0.110. The minimum Gasteiger partial charge on any atom is -0.378 e. The van der Waals surface area contributed by atoms with Crippen LogP contribution in [0.15, 0.2) is 48.5 Å². The van der Waals surface area contributed by atoms with Crippen molar-refractivity contribution < 1.29 is 17.6 Å². The van der Waals surface area contributed by atoms with Crippen molar-refractivity contribution in [3.05, 3.63) is 59.9 Å². The van der Waals surface area contributed by atoms with Crippen LogP contribution in [0.1, 0.15) is 11.6 Å². The van der Waals surface area contributed by atoms with Crippen molar-refractivity contribution in [2.75, 3.05) is 37.4 Å². The first-order valence-corrected chi connectivity index (χ1v) is 9.73. The second-order valence-corrected chi connectivity index (χ2v) is 8.37. The molecule has 1 N–H and O–H groups in total. The van der Waals surface area contributed by atoms with Crippen LogP contribution in [0.5, 0.6) is 0 Å². The molecule has 2 unspecified atom stereocenters. The summed E-state index contributed by atoms with van der Waals surface area (Å²) in [5.74, 6) is -0.411. The maximum absolute atomic E-state index is 13.6. The second kappa shape index (κ2) is 7.22. The summed E-state index contributed by atoms with van der Waals surface area (Å²) >= 11 is 0. The lowest BCUT2D eigenvalue weighted by atomic mass is 10.0. The normalized spacial score (nSPS) is 20.9. The van der Waals surface area contributed by atoms with Gasteiger partial charge in [-0.2, -0.15) is 5.06 Å². The Morgan fingerprint density at radius 1 is 1.19 bits per heavy atom. The van der Waals surface area contributed by atoms with E-state index in [0.29, 0.717) is 11.3 Å². The van der Waals surface area contributed by atoms with Crippen molar-refractivity contribution in [2.24, 2.45) is 0 Å². The molecule has 1 aliphatic rings. The van der Waals surface area contributed by atoms with Crippen LogP contribution in [0.4, 0.5) is 15.8 Å². The molecule has 2 aromatic rings. The van der Waals surface area contributed by atoms with E-state index >= 15 is 0 Å². The van der Waals surface area contributed by atoms with Gasteiger partial charge in [-0.25, -0.2) is 12.8 Å². The summed E-state index contributed by atoms with van der Waals surface area (Å²) in [7, 11) is 1.73. The molecule has 1 heterocycles. The van der Waals surface area contributed by atoms with Crippen LogP contribution in [0.3, 0.4) is 0 Å². The van der Waals surface area contributed by atoms with Crippen LogP contribution in [0.25, 0.3) is 0 Å². The molecule has 0 radical (unpaired) electrons. The Kier molecular flexibility index (Phi) is 5.17. The topological polar surface area (TPSA) is 61.9 Å². The summed E-state index contributed by atoms with van der Waals surface area (Å²) < 4.78 is 42.0. The zero-order valence-corrected chi connectivity index (χ0v) is 15.7. The Morgan fingerprint density at radius 3 is 2.50 bits per heavy atom. The number of benzene rings is 2. The van der Waals surface area contributed by atoms with Gasteiger partial charge >= 0.3 is 0 Å². The molecule has 0 saturated carbocycles. The van der Waals surface area contributed by atoms with Crippen molar-refractivity contribution in [3.8, 4) is 0 Å². The number of hydrogen-bond acceptors (Lipinski definition) is 5. The van der Waals surface area contributed by atoms with Crippen molar-refractivity contribution in [3.63, 3.8) is 0 Å². The molecule has 2 atom stereocenters. The van der Waals surface area contributed by atoms with Gasteiger partial charge in [-0.3, -0.25) is 9.56 Å².